The van der Waals surface area contributed by atoms with Crippen molar-refractivity contribution in [3.8, 4) is 11.5 Å². The second-order valence-electron chi connectivity index (χ2n) is 9.30. The van der Waals surface area contributed by atoms with Gasteiger partial charge in [-0.15, -0.1) is 10.2 Å². The fraction of sp³-hybridized carbons (Fsp3) is 0.207. The number of fused-ring (bicyclic) bond motifs is 6. The standard InChI is InChI=1S/C29H24N4O3S/c1-18-14-21-15-25-26(36-13-12-35-25)16-24(21)33-28(18)30-31-29(33)37-17-27(34)32-22-8-4-2-6-19(22)10-11-20-7-3-5-9-23(20)32/h2-9,14-16H,10-13,17H2,1H3. The van der Waals surface area contributed by atoms with E-state index in [9.17, 15) is 4.79 Å². The number of hydrogen-bond acceptors (Lipinski definition) is 6. The summed E-state index contributed by atoms with van der Waals surface area (Å²) in [5, 5.41) is 10.6. The lowest BCUT2D eigenvalue weighted by atomic mass is 10.0. The molecule has 8 heteroatoms. The highest BCUT2D eigenvalue weighted by Gasteiger charge is 2.26. The van der Waals surface area contributed by atoms with Gasteiger partial charge in [0.1, 0.15) is 13.2 Å². The summed E-state index contributed by atoms with van der Waals surface area (Å²) < 4.78 is 13.6. The van der Waals surface area contributed by atoms with Crippen LogP contribution in [0.2, 0.25) is 0 Å². The number of amides is 1. The van der Waals surface area contributed by atoms with Crippen molar-refractivity contribution in [2.75, 3.05) is 23.9 Å². The maximum atomic E-state index is 13.8. The molecule has 0 spiro atoms. The molecule has 0 radical (unpaired) electrons. The van der Waals surface area contributed by atoms with E-state index in [1.54, 1.807) is 0 Å². The zero-order chi connectivity index (χ0) is 24.9. The van der Waals surface area contributed by atoms with Gasteiger partial charge in [-0.1, -0.05) is 48.2 Å². The minimum atomic E-state index is 0.00891. The SMILES string of the molecule is Cc1cc2cc3c(cc2n2c(SCC(=O)N4c5ccccc5CCc5ccccc54)nnc12)OCCO3. The molecular formula is C29H24N4O3S. The van der Waals surface area contributed by atoms with E-state index >= 15 is 0 Å². The van der Waals surface area contributed by atoms with Crippen molar-refractivity contribution < 1.29 is 14.3 Å². The first-order valence-electron chi connectivity index (χ1n) is 12.4. The van der Waals surface area contributed by atoms with Gasteiger partial charge < -0.3 is 9.47 Å². The lowest BCUT2D eigenvalue weighted by molar-refractivity contribution is -0.115. The molecule has 2 aromatic heterocycles. The van der Waals surface area contributed by atoms with Crippen molar-refractivity contribution in [3.05, 3.63) is 83.4 Å². The summed E-state index contributed by atoms with van der Waals surface area (Å²) in [6.07, 6.45) is 1.81. The zero-order valence-corrected chi connectivity index (χ0v) is 21.1. The topological polar surface area (TPSA) is 69.0 Å². The Morgan fingerprint density at radius 2 is 1.54 bits per heavy atom. The smallest absolute Gasteiger partial charge is 0.242 e. The predicted molar refractivity (Wildman–Crippen MR) is 144 cm³/mol. The third-order valence-electron chi connectivity index (χ3n) is 6.99. The van der Waals surface area contributed by atoms with E-state index in [2.05, 4.69) is 28.4 Å². The zero-order valence-electron chi connectivity index (χ0n) is 20.3. The van der Waals surface area contributed by atoms with Crippen LogP contribution in [0.5, 0.6) is 11.5 Å². The number of benzene rings is 3. The Morgan fingerprint density at radius 1 is 0.892 bits per heavy atom. The Morgan fingerprint density at radius 3 is 2.24 bits per heavy atom. The van der Waals surface area contributed by atoms with Gasteiger partial charge in [0.15, 0.2) is 22.3 Å². The van der Waals surface area contributed by atoms with Crippen LogP contribution in [0, 0.1) is 6.92 Å². The molecule has 0 bridgehead atoms. The largest absolute Gasteiger partial charge is 0.486 e. The van der Waals surface area contributed by atoms with Crippen molar-refractivity contribution in [3.63, 3.8) is 0 Å². The quantitative estimate of drug-likeness (QED) is 0.299. The van der Waals surface area contributed by atoms with Crippen LogP contribution in [-0.4, -0.2) is 39.5 Å². The number of thioether (sulfide) groups is 1. The van der Waals surface area contributed by atoms with Gasteiger partial charge in [-0.2, -0.15) is 0 Å². The summed E-state index contributed by atoms with van der Waals surface area (Å²) in [4.78, 5) is 15.7. The van der Waals surface area contributed by atoms with E-state index in [0.29, 0.717) is 24.1 Å². The fourth-order valence-corrected chi connectivity index (χ4v) is 6.07. The number of carbonyl (C=O) groups is 1. The molecule has 0 saturated heterocycles. The van der Waals surface area contributed by atoms with Crippen molar-refractivity contribution in [2.24, 2.45) is 0 Å². The molecule has 0 N–H and O–H groups in total. The van der Waals surface area contributed by atoms with Gasteiger partial charge in [0.25, 0.3) is 0 Å². The third-order valence-corrected chi connectivity index (χ3v) is 7.91. The first-order valence-corrected chi connectivity index (χ1v) is 13.4. The van der Waals surface area contributed by atoms with Crippen molar-refractivity contribution >= 4 is 45.6 Å². The predicted octanol–water partition coefficient (Wildman–Crippen LogP) is 5.52. The summed E-state index contributed by atoms with van der Waals surface area (Å²) in [6, 6.07) is 22.4. The van der Waals surface area contributed by atoms with Crippen LogP contribution in [0.4, 0.5) is 11.4 Å². The van der Waals surface area contributed by atoms with E-state index in [4.69, 9.17) is 9.47 Å². The molecule has 1 amide bonds. The van der Waals surface area contributed by atoms with Gasteiger partial charge in [-0.3, -0.25) is 14.1 Å². The number of hydrogen-bond donors (Lipinski definition) is 0. The fourth-order valence-electron chi connectivity index (χ4n) is 5.28. The average Bonchev–Trinajstić information content (AvgIpc) is 3.28. The number of pyridine rings is 1. The van der Waals surface area contributed by atoms with Gasteiger partial charge in [0, 0.05) is 11.5 Å². The number of ether oxygens (including phenoxy) is 2. The Labute approximate surface area is 218 Å². The molecule has 0 atom stereocenters. The third kappa shape index (κ3) is 3.71. The lowest BCUT2D eigenvalue weighted by Gasteiger charge is -2.24. The Hall–Kier alpha value is -4.04. The number of anilines is 2. The maximum Gasteiger partial charge on any atom is 0.242 e. The molecule has 0 aliphatic carbocycles. The van der Waals surface area contributed by atoms with Crippen LogP contribution in [0.3, 0.4) is 0 Å². The molecule has 0 fully saturated rings. The summed E-state index contributed by atoms with van der Waals surface area (Å²) in [5.74, 6) is 1.69. The number of aromatic nitrogens is 3. The van der Waals surface area contributed by atoms with Crippen LogP contribution in [0.1, 0.15) is 16.7 Å². The molecule has 2 aliphatic rings. The van der Waals surface area contributed by atoms with Crippen LogP contribution in [0.15, 0.2) is 71.9 Å². The highest BCUT2D eigenvalue weighted by Crippen LogP contribution is 2.38. The molecule has 2 aliphatic heterocycles. The maximum absolute atomic E-state index is 13.8. The second-order valence-corrected chi connectivity index (χ2v) is 10.2. The minimum Gasteiger partial charge on any atom is -0.486 e. The first kappa shape index (κ1) is 22.2. The highest BCUT2D eigenvalue weighted by molar-refractivity contribution is 7.99. The summed E-state index contributed by atoms with van der Waals surface area (Å²) in [5.41, 5.74) is 6.96. The molecule has 7 rings (SSSR count). The summed E-state index contributed by atoms with van der Waals surface area (Å²) >= 11 is 1.40. The number of nitrogens with zero attached hydrogens (tertiary/aromatic N) is 4. The lowest BCUT2D eigenvalue weighted by Crippen LogP contribution is -2.28. The molecule has 0 saturated carbocycles. The van der Waals surface area contributed by atoms with E-state index in [-0.39, 0.29) is 11.7 Å². The van der Waals surface area contributed by atoms with Crippen LogP contribution in [-0.2, 0) is 17.6 Å². The van der Waals surface area contributed by atoms with Gasteiger partial charge >= 0.3 is 0 Å². The van der Waals surface area contributed by atoms with E-state index in [1.165, 1.54) is 22.9 Å². The Bertz CT molecular complexity index is 1650. The first-order chi connectivity index (χ1) is 18.2. The normalized spacial score (nSPS) is 14.4. The Balaban J connectivity index is 1.27. The van der Waals surface area contributed by atoms with Gasteiger partial charge in [-0.25, -0.2) is 0 Å². The molecule has 3 aromatic carbocycles. The molecular weight excluding hydrogens is 484 g/mol. The van der Waals surface area contributed by atoms with Crippen LogP contribution in [0.25, 0.3) is 16.6 Å². The number of carbonyl (C=O) groups excluding carboxylic acids is 1. The minimum absolute atomic E-state index is 0.00891. The van der Waals surface area contributed by atoms with Gasteiger partial charge in [-0.05, 0) is 60.7 Å². The van der Waals surface area contributed by atoms with Crippen molar-refractivity contribution in [2.45, 2.75) is 24.9 Å². The number of rotatable bonds is 3. The summed E-state index contributed by atoms with van der Waals surface area (Å²) in [7, 11) is 0. The van der Waals surface area contributed by atoms with E-state index in [1.807, 2.05) is 64.8 Å². The molecule has 37 heavy (non-hydrogen) atoms. The van der Waals surface area contributed by atoms with E-state index < -0.39 is 0 Å². The molecule has 7 nitrogen and oxygen atoms in total. The summed E-state index contributed by atoms with van der Waals surface area (Å²) in [6.45, 7) is 3.08. The van der Waals surface area contributed by atoms with Crippen molar-refractivity contribution in [1.29, 1.82) is 0 Å². The van der Waals surface area contributed by atoms with E-state index in [0.717, 1.165) is 52.1 Å². The van der Waals surface area contributed by atoms with Gasteiger partial charge in [0.2, 0.25) is 5.91 Å². The molecule has 0 unspecified atom stereocenters. The Kier molecular flexibility index (Phi) is 5.28. The highest BCUT2D eigenvalue weighted by atomic mass is 32.2. The molecule has 5 aromatic rings. The second kappa shape index (κ2) is 8.81. The monoisotopic (exact) mass is 508 g/mol. The molecule has 184 valence electrons. The number of aryl methyl sites for hydroxylation is 3. The average molecular weight is 509 g/mol. The van der Waals surface area contributed by atoms with Crippen LogP contribution >= 0.6 is 11.8 Å². The molecule has 4 heterocycles. The van der Waals surface area contributed by atoms with Gasteiger partial charge in [0.05, 0.1) is 22.6 Å². The van der Waals surface area contributed by atoms with Crippen LogP contribution < -0.4 is 14.4 Å². The van der Waals surface area contributed by atoms with Crippen molar-refractivity contribution in [1.82, 2.24) is 14.6 Å². The number of para-hydroxylation sites is 2.